The van der Waals surface area contributed by atoms with E-state index >= 15 is 0 Å². The van der Waals surface area contributed by atoms with E-state index in [9.17, 15) is 0 Å². The zero-order valence-corrected chi connectivity index (χ0v) is 10.8. The lowest BCUT2D eigenvalue weighted by atomic mass is 9.95. The summed E-state index contributed by atoms with van der Waals surface area (Å²) in [6, 6.07) is 10.3. The molecule has 1 aliphatic carbocycles. The molecule has 0 radical (unpaired) electrons. The molecule has 0 unspecified atom stereocenters. The van der Waals surface area contributed by atoms with Crippen molar-refractivity contribution in [3.63, 3.8) is 0 Å². The third kappa shape index (κ3) is 3.01. The van der Waals surface area contributed by atoms with Crippen molar-refractivity contribution in [3.8, 4) is 0 Å². The second-order valence-corrected chi connectivity index (χ2v) is 4.41. The van der Waals surface area contributed by atoms with Gasteiger partial charge in [0.2, 0.25) is 0 Å². The smallest absolute Gasteiger partial charge is 0.0416 e. The van der Waals surface area contributed by atoms with Crippen molar-refractivity contribution >= 4 is 5.69 Å². The van der Waals surface area contributed by atoms with Gasteiger partial charge >= 0.3 is 0 Å². The van der Waals surface area contributed by atoms with E-state index in [1.54, 1.807) is 0 Å². The number of hydrogen-bond donors (Lipinski definition) is 1. The predicted octanol–water partition coefficient (Wildman–Crippen LogP) is 4.83. The minimum absolute atomic E-state index is 1.09. The molecule has 0 aliphatic heterocycles. The maximum Gasteiger partial charge on any atom is 0.0416 e. The Hall–Kier alpha value is -2.02. The second kappa shape index (κ2) is 6.06. The van der Waals surface area contributed by atoms with E-state index < -0.39 is 0 Å². The summed E-state index contributed by atoms with van der Waals surface area (Å²) in [4.78, 5) is 0. The molecule has 0 atom stereocenters. The van der Waals surface area contributed by atoms with Crippen LogP contribution < -0.4 is 5.32 Å². The fourth-order valence-electron chi connectivity index (χ4n) is 2.15. The Kier molecular flexibility index (Phi) is 4.19. The summed E-state index contributed by atoms with van der Waals surface area (Å²) in [6.07, 6.45) is 10.5. The minimum atomic E-state index is 1.09. The first-order valence-electron chi connectivity index (χ1n) is 6.32. The average Bonchev–Trinajstić information content (AvgIpc) is 2.41. The predicted molar refractivity (Wildman–Crippen MR) is 79.4 cm³/mol. The molecular weight excluding hydrogens is 218 g/mol. The van der Waals surface area contributed by atoms with Crippen LogP contribution in [0.25, 0.3) is 0 Å². The normalized spacial score (nSPS) is 15.7. The van der Waals surface area contributed by atoms with Crippen molar-refractivity contribution in [2.75, 3.05) is 5.32 Å². The zero-order valence-electron chi connectivity index (χ0n) is 10.8. The minimum Gasteiger partial charge on any atom is -0.355 e. The molecule has 0 spiro atoms. The number of nitrogens with one attached hydrogen (secondary N) is 1. The highest BCUT2D eigenvalue weighted by molar-refractivity contribution is 5.55. The van der Waals surface area contributed by atoms with E-state index in [0.29, 0.717) is 0 Å². The molecule has 92 valence electrons. The Morgan fingerprint density at radius 2 is 2.06 bits per heavy atom. The van der Waals surface area contributed by atoms with Crippen molar-refractivity contribution in [2.24, 2.45) is 0 Å². The van der Waals surface area contributed by atoms with Crippen LogP contribution in [0.4, 0.5) is 5.69 Å². The number of rotatable bonds is 4. The second-order valence-electron chi connectivity index (χ2n) is 4.41. The molecule has 1 aromatic carbocycles. The van der Waals surface area contributed by atoms with Gasteiger partial charge in [0, 0.05) is 11.4 Å². The Balaban J connectivity index is 2.29. The molecule has 0 aromatic heterocycles. The first-order chi connectivity index (χ1) is 8.81. The molecule has 1 aliphatic rings. The number of anilines is 1. The number of benzene rings is 1. The van der Waals surface area contributed by atoms with Crippen LogP contribution in [-0.4, -0.2) is 0 Å². The van der Waals surface area contributed by atoms with E-state index in [1.807, 2.05) is 24.3 Å². The molecule has 2 rings (SSSR count). The maximum atomic E-state index is 3.77. The van der Waals surface area contributed by atoms with Crippen LogP contribution in [0.15, 0.2) is 78.1 Å². The lowest BCUT2D eigenvalue weighted by Crippen LogP contribution is -2.05. The van der Waals surface area contributed by atoms with Gasteiger partial charge in [-0.25, -0.2) is 0 Å². The van der Waals surface area contributed by atoms with Gasteiger partial charge in [-0.1, -0.05) is 43.0 Å². The van der Waals surface area contributed by atoms with Crippen molar-refractivity contribution in [1.82, 2.24) is 0 Å². The first kappa shape index (κ1) is 12.4. The topological polar surface area (TPSA) is 12.0 Å². The monoisotopic (exact) mass is 237 g/mol. The molecule has 0 saturated heterocycles. The lowest BCUT2D eigenvalue weighted by molar-refractivity contribution is 0.948. The summed E-state index contributed by atoms with van der Waals surface area (Å²) in [5.41, 5.74) is 4.99. The number of para-hydroxylation sites is 1. The van der Waals surface area contributed by atoms with Crippen LogP contribution in [0.1, 0.15) is 19.8 Å². The van der Waals surface area contributed by atoms with Crippen molar-refractivity contribution in [2.45, 2.75) is 19.8 Å². The summed E-state index contributed by atoms with van der Waals surface area (Å²) in [6.45, 7) is 5.91. The number of hydrogen-bond acceptors (Lipinski definition) is 1. The van der Waals surface area contributed by atoms with Gasteiger partial charge in [0.05, 0.1) is 0 Å². The molecule has 0 saturated carbocycles. The summed E-state index contributed by atoms with van der Waals surface area (Å²) < 4.78 is 0. The summed E-state index contributed by atoms with van der Waals surface area (Å²) in [5, 5.41) is 3.49. The van der Waals surface area contributed by atoms with Gasteiger partial charge in [0.25, 0.3) is 0 Å². The molecule has 1 aromatic rings. The Bertz CT molecular complexity index is 504. The zero-order chi connectivity index (χ0) is 12.8. The molecular formula is C17H19N. The third-order valence-electron chi connectivity index (χ3n) is 3.07. The number of allylic oxidation sites excluding steroid dienone is 6. The standard InChI is InChI=1S/C17H19N/c1-3-9-14(2)16-12-7-8-13-17(16)18-15-10-5-4-6-11-15/h3-6,8-11,13,18H,1,7,12H2,2H3/b14-9+. The Morgan fingerprint density at radius 1 is 1.28 bits per heavy atom. The summed E-state index contributed by atoms with van der Waals surface area (Å²) >= 11 is 0. The van der Waals surface area contributed by atoms with Crippen molar-refractivity contribution in [3.05, 3.63) is 78.1 Å². The van der Waals surface area contributed by atoms with E-state index in [4.69, 9.17) is 0 Å². The van der Waals surface area contributed by atoms with Gasteiger partial charge in [-0.3, -0.25) is 0 Å². The Morgan fingerprint density at radius 3 is 2.78 bits per heavy atom. The first-order valence-corrected chi connectivity index (χ1v) is 6.32. The van der Waals surface area contributed by atoms with Crippen molar-refractivity contribution < 1.29 is 0 Å². The molecule has 1 nitrogen and oxygen atoms in total. The van der Waals surface area contributed by atoms with Crippen LogP contribution in [0, 0.1) is 0 Å². The highest BCUT2D eigenvalue weighted by Crippen LogP contribution is 2.26. The fourth-order valence-corrected chi connectivity index (χ4v) is 2.15. The van der Waals surface area contributed by atoms with Crippen LogP contribution in [0.3, 0.4) is 0 Å². The van der Waals surface area contributed by atoms with Crippen LogP contribution >= 0.6 is 0 Å². The summed E-state index contributed by atoms with van der Waals surface area (Å²) in [7, 11) is 0. The maximum absolute atomic E-state index is 3.77. The molecule has 18 heavy (non-hydrogen) atoms. The van der Waals surface area contributed by atoms with E-state index in [-0.39, 0.29) is 0 Å². The van der Waals surface area contributed by atoms with Crippen molar-refractivity contribution in [1.29, 1.82) is 0 Å². The molecule has 0 heterocycles. The molecule has 0 amide bonds. The molecule has 1 heteroatoms. The fraction of sp³-hybridized carbons (Fsp3) is 0.176. The van der Waals surface area contributed by atoms with Gasteiger partial charge < -0.3 is 5.32 Å². The lowest BCUT2D eigenvalue weighted by Gasteiger charge is -2.18. The Labute approximate surface area is 109 Å². The molecule has 0 bridgehead atoms. The molecule has 0 fully saturated rings. The van der Waals surface area contributed by atoms with Gasteiger partial charge in [-0.2, -0.15) is 0 Å². The highest BCUT2D eigenvalue weighted by Gasteiger charge is 2.09. The quantitative estimate of drug-likeness (QED) is 0.739. The van der Waals surface area contributed by atoms with Gasteiger partial charge in [0.15, 0.2) is 0 Å². The van der Waals surface area contributed by atoms with E-state index in [2.05, 4.69) is 49.2 Å². The highest BCUT2D eigenvalue weighted by atomic mass is 14.9. The van der Waals surface area contributed by atoms with E-state index in [0.717, 1.165) is 18.5 Å². The van der Waals surface area contributed by atoms with E-state index in [1.165, 1.54) is 16.8 Å². The largest absolute Gasteiger partial charge is 0.355 e. The van der Waals surface area contributed by atoms with Crippen LogP contribution in [0.5, 0.6) is 0 Å². The van der Waals surface area contributed by atoms with Gasteiger partial charge in [-0.15, -0.1) is 0 Å². The SMILES string of the molecule is C=C/C=C(\C)C1=C(Nc2ccccc2)C=CCC1. The van der Waals surface area contributed by atoms with Gasteiger partial charge in [0.1, 0.15) is 0 Å². The third-order valence-corrected chi connectivity index (χ3v) is 3.07. The van der Waals surface area contributed by atoms with Gasteiger partial charge in [-0.05, 0) is 49.1 Å². The molecule has 1 N–H and O–H groups in total. The van der Waals surface area contributed by atoms with Crippen LogP contribution in [-0.2, 0) is 0 Å². The van der Waals surface area contributed by atoms with Crippen LogP contribution in [0.2, 0.25) is 0 Å². The summed E-state index contributed by atoms with van der Waals surface area (Å²) in [5.74, 6) is 0. The average molecular weight is 237 g/mol.